The number of likely N-dealkylation sites (tertiary alicyclic amines) is 1. The number of nitrogens with zero attached hydrogens (tertiary/aromatic N) is 3. The smallest absolute Gasteiger partial charge is 0.274 e. The van der Waals surface area contributed by atoms with E-state index < -0.39 is 0 Å². The normalized spacial score (nSPS) is 15.4. The molecule has 1 fully saturated rings. The Morgan fingerprint density at radius 2 is 2.36 bits per heavy atom. The van der Waals surface area contributed by atoms with Crippen molar-refractivity contribution in [2.75, 3.05) is 18.8 Å². The Kier molecular flexibility index (Phi) is 2.15. The molecule has 5 heteroatoms. The third-order valence-electron chi connectivity index (χ3n) is 2.51. The Morgan fingerprint density at radius 1 is 1.64 bits per heavy atom. The van der Waals surface area contributed by atoms with Crippen molar-refractivity contribution in [3.8, 4) is 0 Å². The van der Waals surface area contributed by atoms with E-state index in [0.29, 0.717) is 17.9 Å². The van der Waals surface area contributed by atoms with E-state index in [0.717, 1.165) is 19.5 Å². The molecule has 1 aromatic rings. The van der Waals surface area contributed by atoms with Crippen LogP contribution >= 0.6 is 0 Å². The van der Waals surface area contributed by atoms with Gasteiger partial charge in [-0.2, -0.15) is 5.10 Å². The van der Waals surface area contributed by atoms with Gasteiger partial charge in [0.15, 0.2) is 0 Å². The summed E-state index contributed by atoms with van der Waals surface area (Å²) in [6, 6.07) is 0. The van der Waals surface area contributed by atoms with Gasteiger partial charge in [-0.05, 0) is 13.3 Å². The van der Waals surface area contributed by atoms with Gasteiger partial charge in [0.1, 0.15) is 5.69 Å². The molecular weight excluding hydrogens is 180 g/mol. The SMILES string of the molecule is CCn1ncc(N)c1C(=O)N1CCC1. The summed E-state index contributed by atoms with van der Waals surface area (Å²) in [5.74, 6) is 0.00750. The van der Waals surface area contributed by atoms with Gasteiger partial charge in [-0.1, -0.05) is 0 Å². The lowest BCUT2D eigenvalue weighted by atomic mass is 10.2. The number of nitrogens with two attached hydrogens (primary N) is 1. The molecular formula is C9H14N4O. The zero-order valence-electron chi connectivity index (χ0n) is 8.23. The number of aryl methyl sites for hydroxylation is 1. The molecule has 0 unspecified atom stereocenters. The van der Waals surface area contributed by atoms with E-state index in [4.69, 9.17) is 5.73 Å². The second kappa shape index (κ2) is 3.32. The molecule has 1 aliphatic heterocycles. The summed E-state index contributed by atoms with van der Waals surface area (Å²) in [5.41, 5.74) is 6.71. The van der Waals surface area contributed by atoms with Gasteiger partial charge in [0, 0.05) is 19.6 Å². The van der Waals surface area contributed by atoms with Crippen LogP contribution in [0.5, 0.6) is 0 Å². The van der Waals surface area contributed by atoms with Gasteiger partial charge in [0.05, 0.1) is 11.9 Å². The van der Waals surface area contributed by atoms with E-state index in [1.165, 1.54) is 6.20 Å². The van der Waals surface area contributed by atoms with Gasteiger partial charge in [0.2, 0.25) is 0 Å². The fraction of sp³-hybridized carbons (Fsp3) is 0.556. The maximum atomic E-state index is 11.9. The third kappa shape index (κ3) is 1.25. The van der Waals surface area contributed by atoms with Crippen molar-refractivity contribution in [1.82, 2.24) is 14.7 Å². The van der Waals surface area contributed by atoms with Crippen molar-refractivity contribution < 1.29 is 4.79 Å². The molecule has 5 nitrogen and oxygen atoms in total. The summed E-state index contributed by atoms with van der Waals surface area (Å²) in [6.45, 7) is 4.30. The molecule has 76 valence electrons. The molecule has 1 saturated heterocycles. The minimum atomic E-state index is 0.00750. The summed E-state index contributed by atoms with van der Waals surface area (Å²) in [6.07, 6.45) is 2.63. The molecule has 2 heterocycles. The van der Waals surface area contributed by atoms with Crippen molar-refractivity contribution in [3.63, 3.8) is 0 Å². The highest BCUT2D eigenvalue weighted by atomic mass is 16.2. The highest BCUT2D eigenvalue weighted by Gasteiger charge is 2.26. The van der Waals surface area contributed by atoms with Crippen LogP contribution in [0.4, 0.5) is 5.69 Å². The zero-order valence-corrected chi connectivity index (χ0v) is 8.23. The van der Waals surface area contributed by atoms with E-state index in [-0.39, 0.29) is 5.91 Å². The molecule has 2 N–H and O–H groups in total. The van der Waals surface area contributed by atoms with Crippen molar-refractivity contribution in [2.45, 2.75) is 19.9 Å². The highest BCUT2D eigenvalue weighted by molar-refractivity contribution is 5.97. The van der Waals surface area contributed by atoms with Crippen molar-refractivity contribution >= 4 is 11.6 Å². The first kappa shape index (κ1) is 9.05. The monoisotopic (exact) mass is 194 g/mol. The van der Waals surface area contributed by atoms with Crippen molar-refractivity contribution in [2.24, 2.45) is 0 Å². The number of hydrogen-bond donors (Lipinski definition) is 1. The second-order valence-corrected chi connectivity index (χ2v) is 3.41. The van der Waals surface area contributed by atoms with Crippen LogP contribution < -0.4 is 5.73 Å². The molecule has 0 atom stereocenters. The largest absolute Gasteiger partial charge is 0.396 e. The second-order valence-electron chi connectivity index (χ2n) is 3.41. The molecule has 0 radical (unpaired) electrons. The van der Waals surface area contributed by atoms with Gasteiger partial charge in [-0.25, -0.2) is 0 Å². The van der Waals surface area contributed by atoms with Crippen LogP contribution in [0.15, 0.2) is 6.20 Å². The number of anilines is 1. The first-order chi connectivity index (χ1) is 6.74. The number of carbonyl (C=O) groups is 1. The molecule has 0 spiro atoms. The van der Waals surface area contributed by atoms with E-state index >= 15 is 0 Å². The van der Waals surface area contributed by atoms with E-state index in [1.54, 1.807) is 9.58 Å². The number of carbonyl (C=O) groups excluding carboxylic acids is 1. The lowest BCUT2D eigenvalue weighted by Gasteiger charge is -2.30. The van der Waals surface area contributed by atoms with Gasteiger partial charge in [0.25, 0.3) is 5.91 Å². The fourth-order valence-electron chi connectivity index (χ4n) is 1.54. The van der Waals surface area contributed by atoms with Gasteiger partial charge in [-0.3, -0.25) is 9.48 Å². The fourth-order valence-corrected chi connectivity index (χ4v) is 1.54. The summed E-state index contributed by atoms with van der Waals surface area (Å²) in [7, 11) is 0. The van der Waals surface area contributed by atoms with Crippen molar-refractivity contribution in [3.05, 3.63) is 11.9 Å². The van der Waals surface area contributed by atoms with Crippen molar-refractivity contribution in [1.29, 1.82) is 0 Å². The summed E-state index contributed by atoms with van der Waals surface area (Å²) < 4.78 is 1.65. The van der Waals surface area contributed by atoms with Gasteiger partial charge in [-0.15, -0.1) is 0 Å². The molecule has 1 aliphatic rings. The molecule has 2 rings (SSSR count). The summed E-state index contributed by atoms with van der Waals surface area (Å²) >= 11 is 0. The first-order valence-corrected chi connectivity index (χ1v) is 4.84. The number of aromatic nitrogens is 2. The molecule has 0 aliphatic carbocycles. The maximum Gasteiger partial charge on any atom is 0.274 e. The van der Waals surface area contributed by atoms with E-state index in [1.807, 2.05) is 6.92 Å². The molecule has 0 saturated carbocycles. The molecule has 0 bridgehead atoms. The number of rotatable bonds is 2. The number of hydrogen-bond acceptors (Lipinski definition) is 3. The highest BCUT2D eigenvalue weighted by Crippen LogP contribution is 2.17. The van der Waals surface area contributed by atoms with E-state index in [2.05, 4.69) is 5.10 Å². The van der Waals surface area contributed by atoms with Crippen LogP contribution in [-0.4, -0.2) is 33.7 Å². The quantitative estimate of drug-likeness (QED) is 0.738. The van der Waals surface area contributed by atoms with Gasteiger partial charge < -0.3 is 10.6 Å². The predicted molar refractivity (Wildman–Crippen MR) is 52.8 cm³/mol. The molecule has 0 aromatic carbocycles. The first-order valence-electron chi connectivity index (χ1n) is 4.84. The van der Waals surface area contributed by atoms with E-state index in [9.17, 15) is 4.79 Å². The van der Waals surface area contributed by atoms with Gasteiger partial charge >= 0.3 is 0 Å². The Labute approximate surface area is 82.5 Å². The molecule has 1 amide bonds. The molecule has 1 aromatic heterocycles. The Bertz CT molecular complexity index is 354. The predicted octanol–water partition coefficient (Wildman–Crippen LogP) is 0.331. The summed E-state index contributed by atoms with van der Waals surface area (Å²) in [4.78, 5) is 13.7. The van der Waals surface area contributed by atoms with Crippen LogP contribution in [-0.2, 0) is 6.54 Å². The van der Waals surface area contributed by atoms with Crippen LogP contribution in [0.25, 0.3) is 0 Å². The average molecular weight is 194 g/mol. The lowest BCUT2D eigenvalue weighted by molar-refractivity contribution is 0.0640. The Hall–Kier alpha value is -1.52. The number of nitrogen functional groups attached to an aromatic ring is 1. The third-order valence-corrected chi connectivity index (χ3v) is 2.51. The zero-order chi connectivity index (χ0) is 10.1. The average Bonchev–Trinajstić information content (AvgIpc) is 2.43. The number of amides is 1. The van der Waals surface area contributed by atoms with Crippen LogP contribution in [0, 0.1) is 0 Å². The standard InChI is InChI=1S/C9H14N4O/c1-2-13-8(7(10)6-11-13)9(14)12-4-3-5-12/h6H,2-5,10H2,1H3. The maximum absolute atomic E-state index is 11.9. The Morgan fingerprint density at radius 3 is 2.86 bits per heavy atom. The lowest BCUT2D eigenvalue weighted by Crippen LogP contribution is -2.43. The van der Waals surface area contributed by atoms with Crippen LogP contribution in [0.1, 0.15) is 23.8 Å². The van der Waals surface area contributed by atoms with Crippen LogP contribution in [0.2, 0.25) is 0 Å². The minimum Gasteiger partial charge on any atom is -0.396 e. The topological polar surface area (TPSA) is 64.2 Å². The summed E-state index contributed by atoms with van der Waals surface area (Å²) in [5, 5.41) is 4.04. The Balaban J connectivity index is 2.28. The molecule has 14 heavy (non-hydrogen) atoms. The minimum absolute atomic E-state index is 0.00750. The van der Waals surface area contributed by atoms with Crippen LogP contribution in [0.3, 0.4) is 0 Å².